The first-order valence-electron chi connectivity index (χ1n) is 12.4. The van der Waals surface area contributed by atoms with Crippen LogP contribution in [0.2, 0.25) is 0 Å². The summed E-state index contributed by atoms with van der Waals surface area (Å²) >= 11 is 0. The molecule has 0 aromatic rings. The van der Waals surface area contributed by atoms with Crippen LogP contribution >= 0.6 is 0 Å². The highest BCUT2D eigenvalue weighted by molar-refractivity contribution is 5.30. The molecule has 0 unspecified atom stereocenters. The smallest absolute Gasteiger partial charge is 0.00823 e. The molecule has 3 fully saturated rings. The fraction of sp³-hybridized carbons (Fsp3) is 0.889. The van der Waals surface area contributed by atoms with Gasteiger partial charge in [-0.25, -0.2) is 0 Å². The number of hydrogen-bond acceptors (Lipinski definition) is 0. The van der Waals surface area contributed by atoms with E-state index in [1.807, 2.05) is 0 Å². The molecular formula is C27H45. The molecule has 0 N–H and O–H groups in total. The summed E-state index contributed by atoms with van der Waals surface area (Å²) in [6.07, 6.45) is 21.3. The van der Waals surface area contributed by atoms with Crippen molar-refractivity contribution >= 4 is 0 Å². The van der Waals surface area contributed by atoms with E-state index in [4.69, 9.17) is 0 Å². The van der Waals surface area contributed by atoms with Gasteiger partial charge >= 0.3 is 0 Å². The molecular weight excluding hydrogens is 324 g/mol. The molecule has 27 heavy (non-hydrogen) atoms. The van der Waals surface area contributed by atoms with Gasteiger partial charge in [0.15, 0.2) is 0 Å². The van der Waals surface area contributed by atoms with Crippen molar-refractivity contribution in [1.82, 2.24) is 0 Å². The molecule has 0 aromatic carbocycles. The number of allylic oxidation sites excluding steroid dienone is 2. The van der Waals surface area contributed by atoms with Gasteiger partial charge < -0.3 is 0 Å². The van der Waals surface area contributed by atoms with Gasteiger partial charge in [0.25, 0.3) is 0 Å². The summed E-state index contributed by atoms with van der Waals surface area (Å²) in [5.74, 6) is 5.76. The average molecular weight is 370 g/mol. The van der Waals surface area contributed by atoms with Crippen LogP contribution in [0.15, 0.2) is 11.6 Å². The maximum absolute atomic E-state index is 2.72. The van der Waals surface area contributed by atoms with Crippen LogP contribution in [0.25, 0.3) is 0 Å². The first-order valence-corrected chi connectivity index (χ1v) is 12.4. The van der Waals surface area contributed by atoms with Crippen molar-refractivity contribution in [2.24, 2.45) is 46.3 Å². The zero-order valence-corrected chi connectivity index (χ0v) is 18.9. The molecule has 153 valence electrons. The quantitative estimate of drug-likeness (QED) is 0.458. The largest absolute Gasteiger partial charge is 0.0842 e. The molecule has 0 heterocycles. The van der Waals surface area contributed by atoms with E-state index in [1.165, 1.54) is 70.6 Å². The summed E-state index contributed by atoms with van der Waals surface area (Å²) in [6.45, 7) is 12.7. The summed E-state index contributed by atoms with van der Waals surface area (Å²) in [5, 5.41) is 0. The van der Waals surface area contributed by atoms with Crippen LogP contribution in [0.3, 0.4) is 0 Å². The van der Waals surface area contributed by atoms with E-state index >= 15 is 0 Å². The SMILES string of the molecule is CC(C)CCC[C@@H](C)[C@H]1CC[C@H]2[C@@H]3CC=C4[CH]CCC[C@]4(C)[C@H]3CC[C@]12C. The highest BCUT2D eigenvalue weighted by Gasteiger charge is 2.58. The predicted molar refractivity (Wildman–Crippen MR) is 117 cm³/mol. The van der Waals surface area contributed by atoms with Crippen LogP contribution in [-0.4, -0.2) is 0 Å². The third kappa shape index (κ3) is 3.36. The molecule has 0 aromatic heterocycles. The van der Waals surface area contributed by atoms with Crippen molar-refractivity contribution < 1.29 is 0 Å². The molecule has 3 saturated carbocycles. The van der Waals surface area contributed by atoms with E-state index in [2.05, 4.69) is 47.1 Å². The fourth-order valence-electron chi connectivity index (χ4n) is 8.52. The summed E-state index contributed by atoms with van der Waals surface area (Å²) in [4.78, 5) is 0. The second kappa shape index (κ2) is 7.53. The first kappa shape index (κ1) is 20.0. The topological polar surface area (TPSA) is 0 Å². The van der Waals surface area contributed by atoms with Gasteiger partial charge in [-0.15, -0.1) is 0 Å². The van der Waals surface area contributed by atoms with Gasteiger partial charge in [-0.2, -0.15) is 0 Å². The van der Waals surface area contributed by atoms with Crippen molar-refractivity contribution in [3.05, 3.63) is 18.1 Å². The van der Waals surface area contributed by atoms with E-state index in [0.717, 1.165) is 35.5 Å². The summed E-state index contributed by atoms with van der Waals surface area (Å²) in [5.41, 5.74) is 2.90. The van der Waals surface area contributed by atoms with E-state index in [1.54, 1.807) is 5.57 Å². The normalized spacial score (nSPS) is 45.0. The Morgan fingerprint density at radius 1 is 1.00 bits per heavy atom. The van der Waals surface area contributed by atoms with Gasteiger partial charge in [-0.1, -0.05) is 72.0 Å². The third-order valence-electron chi connectivity index (χ3n) is 9.99. The highest BCUT2D eigenvalue weighted by Crippen LogP contribution is 2.67. The van der Waals surface area contributed by atoms with Gasteiger partial charge in [-0.3, -0.25) is 0 Å². The molecule has 4 rings (SSSR count). The standard InChI is InChI=1S/C27H45/c1-19(2)9-8-10-20(3)23-14-15-24-22-13-12-21-11-6-7-17-26(21,4)25(22)16-18-27(23,24)5/h11-12,19-20,22-25H,6-10,13-18H2,1-5H3/t20-,22+,23-,24+,25+,26+,27-/m1/s1. The molecule has 0 spiro atoms. The molecule has 0 amide bonds. The lowest BCUT2D eigenvalue weighted by Crippen LogP contribution is -2.50. The minimum absolute atomic E-state index is 0.517. The lowest BCUT2D eigenvalue weighted by atomic mass is 9.47. The van der Waals surface area contributed by atoms with Crippen molar-refractivity contribution in [1.29, 1.82) is 0 Å². The highest BCUT2D eigenvalue weighted by atomic mass is 14.6. The maximum Gasteiger partial charge on any atom is -0.00823 e. The van der Waals surface area contributed by atoms with Crippen molar-refractivity contribution in [2.45, 2.75) is 105 Å². The Labute approximate surface area is 170 Å². The van der Waals surface area contributed by atoms with Gasteiger partial charge in [0.1, 0.15) is 0 Å². The van der Waals surface area contributed by atoms with E-state index in [-0.39, 0.29) is 0 Å². The van der Waals surface area contributed by atoms with Crippen LogP contribution in [-0.2, 0) is 0 Å². The van der Waals surface area contributed by atoms with Gasteiger partial charge in [-0.05, 0) is 97.7 Å². The van der Waals surface area contributed by atoms with Crippen LogP contribution < -0.4 is 0 Å². The van der Waals surface area contributed by atoms with Gasteiger partial charge in [0.05, 0.1) is 0 Å². The summed E-state index contributed by atoms with van der Waals surface area (Å²) in [6, 6.07) is 0. The lowest BCUT2D eigenvalue weighted by Gasteiger charge is -2.58. The molecule has 0 aliphatic heterocycles. The molecule has 0 saturated heterocycles. The first-order chi connectivity index (χ1) is 12.9. The number of hydrogen-bond donors (Lipinski definition) is 0. The van der Waals surface area contributed by atoms with Crippen LogP contribution in [0.5, 0.6) is 0 Å². The van der Waals surface area contributed by atoms with Crippen molar-refractivity contribution in [3.8, 4) is 0 Å². The second-order valence-electron chi connectivity index (χ2n) is 11.8. The fourth-order valence-corrected chi connectivity index (χ4v) is 8.52. The molecule has 1 radical (unpaired) electrons. The maximum atomic E-state index is 2.72. The summed E-state index contributed by atoms with van der Waals surface area (Å²) < 4.78 is 0. The second-order valence-corrected chi connectivity index (χ2v) is 11.8. The lowest BCUT2D eigenvalue weighted by molar-refractivity contribution is -0.0475. The van der Waals surface area contributed by atoms with Crippen molar-refractivity contribution in [2.75, 3.05) is 0 Å². The number of fused-ring (bicyclic) bond motifs is 5. The Kier molecular flexibility index (Phi) is 5.59. The molecule has 0 heteroatoms. The Hall–Kier alpha value is -0.260. The Morgan fingerprint density at radius 3 is 2.59 bits per heavy atom. The van der Waals surface area contributed by atoms with E-state index in [9.17, 15) is 0 Å². The van der Waals surface area contributed by atoms with Gasteiger partial charge in [0, 0.05) is 0 Å². The van der Waals surface area contributed by atoms with Crippen LogP contribution in [0.4, 0.5) is 0 Å². The predicted octanol–water partition coefficient (Wildman–Crippen LogP) is 8.23. The molecule has 4 aliphatic carbocycles. The van der Waals surface area contributed by atoms with Crippen molar-refractivity contribution in [3.63, 3.8) is 0 Å². The molecule has 0 bridgehead atoms. The number of rotatable bonds is 5. The zero-order chi connectivity index (χ0) is 19.2. The Morgan fingerprint density at radius 2 is 1.81 bits per heavy atom. The monoisotopic (exact) mass is 369 g/mol. The summed E-state index contributed by atoms with van der Waals surface area (Å²) in [7, 11) is 0. The molecule has 0 nitrogen and oxygen atoms in total. The molecule has 4 aliphatic rings. The Bertz CT molecular complexity index is 556. The zero-order valence-electron chi connectivity index (χ0n) is 18.9. The van der Waals surface area contributed by atoms with E-state index < -0.39 is 0 Å². The average Bonchev–Trinajstić information content (AvgIpc) is 2.98. The third-order valence-corrected chi connectivity index (χ3v) is 9.99. The van der Waals surface area contributed by atoms with Gasteiger partial charge in [0.2, 0.25) is 0 Å². The minimum atomic E-state index is 0.517. The van der Waals surface area contributed by atoms with Crippen LogP contribution in [0.1, 0.15) is 105 Å². The minimum Gasteiger partial charge on any atom is -0.0842 e. The molecule has 7 atom stereocenters. The van der Waals surface area contributed by atoms with E-state index in [0.29, 0.717) is 10.8 Å². The van der Waals surface area contributed by atoms with Crippen LogP contribution in [0, 0.1) is 52.8 Å². The Balaban J connectivity index is 1.49.